The number of carbonyl (C=O) groups excluding carboxylic acids is 1. The molecule has 1 heterocycles. The SMILES string of the molecule is CC1(C)C[C@@H](NC(=O)Nc2ccc(Cl)cc2)c2cc(Br)ccc2O1. The second-order valence-electron chi connectivity index (χ2n) is 6.41. The molecule has 0 unspecified atom stereocenters. The number of amides is 2. The van der Waals surface area contributed by atoms with Gasteiger partial charge < -0.3 is 15.4 Å². The topological polar surface area (TPSA) is 50.4 Å². The molecule has 0 radical (unpaired) electrons. The maximum Gasteiger partial charge on any atom is 0.319 e. The average molecular weight is 410 g/mol. The van der Waals surface area contributed by atoms with Crippen LogP contribution < -0.4 is 15.4 Å². The van der Waals surface area contributed by atoms with Crippen molar-refractivity contribution in [3.05, 3.63) is 57.5 Å². The van der Waals surface area contributed by atoms with Gasteiger partial charge in [-0.15, -0.1) is 0 Å². The van der Waals surface area contributed by atoms with E-state index in [0.29, 0.717) is 17.1 Å². The number of fused-ring (bicyclic) bond motifs is 1. The Hall–Kier alpha value is -1.72. The van der Waals surface area contributed by atoms with Crippen molar-refractivity contribution in [3.8, 4) is 5.75 Å². The Labute approximate surface area is 154 Å². The van der Waals surface area contributed by atoms with Crippen LogP contribution in [0.25, 0.3) is 0 Å². The summed E-state index contributed by atoms with van der Waals surface area (Å²) in [6.07, 6.45) is 0.685. The van der Waals surface area contributed by atoms with Crippen molar-refractivity contribution < 1.29 is 9.53 Å². The van der Waals surface area contributed by atoms with E-state index in [1.54, 1.807) is 24.3 Å². The van der Waals surface area contributed by atoms with Gasteiger partial charge in [0.05, 0.1) is 6.04 Å². The van der Waals surface area contributed by atoms with Crippen LogP contribution in [0, 0.1) is 0 Å². The lowest BCUT2D eigenvalue weighted by atomic mass is 9.90. The van der Waals surface area contributed by atoms with Crippen molar-refractivity contribution in [2.75, 3.05) is 5.32 Å². The maximum atomic E-state index is 12.4. The first-order valence-corrected chi connectivity index (χ1v) is 8.81. The monoisotopic (exact) mass is 408 g/mol. The molecule has 24 heavy (non-hydrogen) atoms. The lowest BCUT2D eigenvalue weighted by molar-refractivity contribution is 0.0682. The summed E-state index contributed by atoms with van der Waals surface area (Å²) in [6, 6.07) is 12.5. The zero-order valence-electron chi connectivity index (χ0n) is 13.4. The van der Waals surface area contributed by atoms with Gasteiger partial charge in [0.25, 0.3) is 0 Å². The van der Waals surface area contributed by atoms with E-state index in [0.717, 1.165) is 15.8 Å². The third-order valence-electron chi connectivity index (χ3n) is 3.84. The van der Waals surface area contributed by atoms with E-state index in [9.17, 15) is 4.79 Å². The van der Waals surface area contributed by atoms with Crippen LogP contribution in [0.4, 0.5) is 10.5 Å². The summed E-state index contributed by atoms with van der Waals surface area (Å²) in [7, 11) is 0. The van der Waals surface area contributed by atoms with Gasteiger partial charge in [-0.1, -0.05) is 27.5 Å². The number of rotatable bonds is 2. The number of hydrogen-bond acceptors (Lipinski definition) is 2. The van der Waals surface area contributed by atoms with Gasteiger partial charge in [-0.25, -0.2) is 4.79 Å². The Morgan fingerprint density at radius 2 is 1.96 bits per heavy atom. The predicted octanol–water partition coefficient (Wildman–Crippen LogP) is 5.53. The number of ether oxygens (including phenoxy) is 1. The normalized spacial score (nSPS) is 18.2. The van der Waals surface area contributed by atoms with Crippen molar-refractivity contribution >= 4 is 39.2 Å². The minimum atomic E-state index is -0.348. The maximum absolute atomic E-state index is 12.4. The Morgan fingerprint density at radius 3 is 2.67 bits per heavy atom. The summed E-state index contributed by atoms with van der Waals surface area (Å²) in [5, 5.41) is 6.50. The van der Waals surface area contributed by atoms with Gasteiger partial charge >= 0.3 is 6.03 Å². The first-order chi connectivity index (χ1) is 11.3. The Balaban J connectivity index is 1.77. The van der Waals surface area contributed by atoms with Gasteiger partial charge in [0.15, 0.2) is 0 Å². The minimum Gasteiger partial charge on any atom is -0.487 e. The van der Waals surface area contributed by atoms with Crippen LogP contribution in [0.5, 0.6) is 5.75 Å². The molecule has 2 N–H and O–H groups in total. The van der Waals surface area contributed by atoms with Crippen LogP contribution >= 0.6 is 27.5 Å². The Kier molecular flexibility index (Phi) is 4.74. The van der Waals surface area contributed by atoms with Crippen molar-refractivity contribution in [3.63, 3.8) is 0 Å². The smallest absolute Gasteiger partial charge is 0.319 e. The van der Waals surface area contributed by atoms with Gasteiger partial charge in [-0.05, 0) is 56.3 Å². The predicted molar refractivity (Wildman–Crippen MR) is 99.8 cm³/mol. The number of hydrogen-bond donors (Lipinski definition) is 2. The molecule has 126 valence electrons. The molecule has 1 aliphatic rings. The summed E-state index contributed by atoms with van der Waals surface area (Å²) in [5.41, 5.74) is 1.31. The van der Waals surface area contributed by atoms with Crippen LogP contribution in [-0.4, -0.2) is 11.6 Å². The highest BCUT2D eigenvalue weighted by Gasteiger charge is 2.34. The molecule has 2 aromatic rings. The van der Waals surface area contributed by atoms with E-state index < -0.39 is 0 Å². The fourth-order valence-corrected chi connectivity index (χ4v) is 3.32. The Morgan fingerprint density at radius 1 is 1.25 bits per heavy atom. The molecule has 3 rings (SSSR count). The summed E-state index contributed by atoms with van der Waals surface area (Å²) in [5.74, 6) is 0.797. The van der Waals surface area contributed by atoms with Crippen molar-refractivity contribution in [1.82, 2.24) is 5.32 Å². The lowest BCUT2D eigenvalue weighted by Gasteiger charge is -2.38. The van der Waals surface area contributed by atoms with Crippen LogP contribution in [0.1, 0.15) is 31.9 Å². The third kappa shape index (κ3) is 4.02. The lowest BCUT2D eigenvalue weighted by Crippen LogP contribution is -2.42. The molecule has 0 aromatic heterocycles. The molecule has 0 saturated carbocycles. The van der Waals surface area contributed by atoms with Crippen molar-refractivity contribution in [1.29, 1.82) is 0 Å². The van der Waals surface area contributed by atoms with Gasteiger partial charge in [-0.3, -0.25) is 0 Å². The summed E-state index contributed by atoms with van der Waals surface area (Å²) < 4.78 is 6.96. The van der Waals surface area contributed by atoms with Crippen LogP contribution in [0.15, 0.2) is 46.9 Å². The van der Waals surface area contributed by atoms with Crippen LogP contribution in [-0.2, 0) is 0 Å². The average Bonchev–Trinajstić information content (AvgIpc) is 2.49. The number of anilines is 1. The molecule has 4 nitrogen and oxygen atoms in total. The van der Waals surface area contributed by atoms with Crippen LogP contribution in [0.2, 0.25) is 5.02 Å². The summed E-state index contributed by atoms with van der Waals surface area (Å²) in [6.45, 7) is 4.04. The van der Waals surface area contributed by atoms with Gasteiger partial charge in [0.1, 0.15) is 11.4 Å². The third-order valence-corrected chi connectivity index (χ3v) is 4.58. The second kappa shape index (κ2) is 6.65. The largest absolute Gasteiger partial charge is 0.487 e. The van der Waals surface area contributed by atoms with E-state index in [1.165, 1.54) is 0 Å². The number of urea groups is 1. The van der Waals surface area contributed by atoms with E-state index >= 15 is 0 Å². The number of halogens is 2. The molecular formula is C18H18BrClN2O2. The van der Waals surface area contributed by atoms with E-state index in [4.69, 9.17) is 16.3 Å². The highest BCUT2D eigenvalue weighted by atomic mass is 79.9. The number of nitrogens with one attached hydrogen (secondary N) is 2. The molecule has 0 bridgehead atoms. The fraction of sp³-hybridized carbons (Fsp3) is 0.278. The van der Waals surface area contributed by atoms with Gasteiger partial charge in [0.2, 0.25) is 0 Å². The molecule has 6 heteroatoms. The fourth-order valence-electron chi connectivity index (χ4n) is 2.81. The second-order valence-corrected chi connectivity index (χ2v) is 7.76. The molecule has 0 fully saturated rings. The Bertz CT molecular complexity index is 762. The molecule has 0 saturated heterocycles. The zero-order valence-corrected chi connectivity index (χ0v) is 15.7. The van der Waals surface area contributed by atoms with Crippen molar-refractivity contribution in [2.45, 2.75) is 31.9 Å². The van der Waals surface area contributed by atoms with Crippen LogP contribution in [0.3, 0.4) is 0 Å². The molecular weight excluding hydrogens is 392 g/mol. The summed E-state index contributed by atoms with van der Waals surface area (Å²) >= 11 is 9.34. The quantitative estimate of drug-likeness (QED) is 0.685. The number of benzene rings is 2. The zero-order chi connectivity index (χ0) is 17.3. The molecule has 1 atom stereocenters. The van der Waals surface area contributed by atoms with Gasteiger partial charge in [-0.2, -0.15) is 0 Å². The molecule has 0 aliphatic carbocycles. The summed E-state index contributed by atoms with van der Waals surface area (Å²) in [4.78, 5) is 12.4. The molecule has 1 aliphatic heterocycles. The highest BCUT2D eigenvalue weighted by Crippen LogP contribution is 2.40. The first kappa shape index (κ1) is 17.1. The molecule has 0 spiro atoms. The van der Waals surface area contributed by atoms with E-state index in [1.807, 2.05) is 32.0 Å². The van der Waals surface area contributed by atoms with E-state index in [-0.39, 0.29) is 17.7 Å². The van der Waals surface area contributed by atoms with Crippen molar-refractivity contribution in [2.24, 2.45) is 0 Å². The number of carbonyl (C=O) groups is 1. The first-order valence-electron chi connectivity index (χ1n) is 7.64. The highest BCUT2D eigenvalue weighted by molar-refractivity contribution is 9.10. The standard InChI is InChI=1S/C18H18BrClN2O2/c1-18(2)10-15(14-9-11(19)3-8-16(14)24-18)22-17(23)21-13-6-4-12(20)5-7-13/h3-9,15H,10H2,1-2H3,(H2,21,22,23)/t15-/m1/s1. The molecule has 2 amide bonds. The van der Waals surface area contributed by atoms with Gasteiger partial charge in [0, 0.05) is 27.2 Å². The van der Waals surface area contributed by atoms with E-state index in [2.05, 4.69) is 26.6 Å². The molecule has 2 aromatic carbocycles. The minimum absolute atomic E-state index is 0.131.